The lowest BCUT2D eigenvalue weighted by Crippen LogP contribution is -2.48. The summed E-state index contributed by atoms with van der Waals surface area (Å²) in [5.74, 6) is 0.640. The maximum atomic E-state index is 12.4. The summed E-state index contributed by atoms with van der Waals surface area (Å²) in [5, 5.41) is 4.13. The van der Waals surface area contributed by atoms with Gasteiger partial charge < -0.3 is 15.0 Å². The summed E-state index contributed by atoms with van der Waals surface area (Å²) >= 11 is 1.62. The molecule has 1 aliphatic rings. The zero-order valence-corrected chi connectivity index (χ0v) is 16.0. The number of nitrogens with zero attached hydrogens (tertiary/aromatic N) is 3. The number of pyridine rings is 1. The van der Waals surface area contributed by atoms with Gasteiger partial charge in [-0.05, 0) is 44.0 Å². The van der Waals surface area contributed by atoms with Crippen molar-refractivity contribution in [2.75, 3.05) is 18.0 Å². The van der Waals surface area contributed by atoms with E-state index < -0.39 is 6.10 Å². The zero-order valence-electron chi connectivity index (χ0n) is 15.2. The molecular formula is C20H22N4O2S. The van der Waals surface area contributed by atoms with Gasteiger partial charge in [0.25, 0.3) is 5.91 Å². The van der Waals surface area contributed by atoms with Crippen LogP contribution in [0.2, 0.25) is 0 Å². The molecule has 7 heteroatoms. The van der Waals surface area contributed by atoms with Gasteiger partial charge in [0.1, 0.15) is 16.1 Å². The molecule has 1 saturated heterocycles. The van der Waals surface area contributed by atoms with Gasteiger partial charge in [0.2, 0.25) is 0 Å². The number of benzene rings is 1. The molecule has 0 bridgehead atoms. The van der Waals surface area contributed by atoms with Crippen molar-refractivity contribution in [1.82, 2.24) is 15.3 Å². The number of rotatable bonds is 5. The summed E-state index contributed by atoms with van der Waals surface area (Å²) < 4.78 is 5.70. The molecule has 0 spiro atoms. The number of aromatic nitrogens is 2. The van der Waals surface area contributed by atoms with E-state index in [1.165, 1.54) is 0 Å². The lowest BCUT2D eigenvalue weighted by Gasteiger charge is -2.32. The monoisotopic (exact) mass is 382 g/mol. The van der Waals surface area contributed by atoms with Crippen molar-refractivity contribution in [2.24, 2.45) is 0 Å². The van der Waals surface area contributed by atoms with Crippen LogP contribution in [0.5, 0.6) is 5.75 Å². The Labute approximate surface area is 162 Å². The maximum Gasteiger partial charge on any atom is 0.260 e. The van der Waals surface area contributed by atoms with E-state index in [9.17, 15) is 4.79 Å². The molecule has 1 amide bonds. The molecule has 0 radical (unpaired) electrons. The molecule has 140 valence electrons. The summed E-state index contributed by atoms with van der Waals surface area (Å²) in [5.41, 5.74) is 0.944. The standard InChI is InChI=1S/C20H22N4O2S/c1-14(26-16-6-3-2-4-7-16)18(25)22-15-9-12-24(13-10-15)20-23-17-8-5-11-21-19(17)27-20/h2-8,11,14-15H,9-10,12-13H2,1H3,(H,22,25)/t14-/m1/s1. The maximum absolute atomic E-state index is 12.4. The van der Waals surface area contributed by atoms with E-state index in [1.54, 1.807) is 24.5 Å². The smallest absolute Gasteiger partial charge is 0.260 e. The van der Waals surface area contributed by atoms with Crippen LogP contribution >= 0.6 is 11.3 Å². The molecule has 1 aromatic carbocycles. The van der Waals surface area contributed by atoms with Crippen molar-refractivity contribution in [3.8, 4) is 5.75 Å². The predicted octanol–water partition coefficient (Wildman–Crippen LogP) is 3.24. The molecule has 3 heterocycles. The Hall–Kier alpha value is -2.67. The largest absolute Gasteiger partial charge is 0.481 e. The summed E-state index contributed by atoms with van der Waals surface area (Å²) in [6.45, 7) is 3.53. The van der Waals surface area contributed by atoms with Crippen LogP contribution in [0, 0.1) is 0 Å². The molecule has 2 aromatic heterocycles. The Kier molecular flexibility index (Phi) is 5.20. The molecular weight excluding hydrogens is 360 g/mol. The highest BCUT2D eigenvalue weighted by Gasteiger charge is 2.25. The third kappa shape index (κ3) is 4.19. The molecule has 27 heavy (non-hydrogen) atoms. The van der Waals surface area contributed by atoms with Crippen molar-refractivity contribution in [3.63, 3.8) is 0 Å². The van der Waals surface area contributed by atoms with Crippen LogP contribution in [-0.4, -0.2) is 41.1 Å². The molecule has 1 aliphatic heterocycles. The number of anilines is 1. The van der Waals surface area contributed by atoms with Crippen molar-refractivity contribution in [1.29, 1.82) is 0 Å². The Morgan fingerprint density at radius 2 is 2.00 bits per heavy atom. The summed E-state index contributed by atoms with van der Waals surface area (Å²) in [7, 11) is 0. The SMILES string of the molecule is C[C@@H](Oc1ccccc1)C(=O)NC1CCN(c2nc3cccnc3s2)CC1. The molecule has 1 fully saturated rings. The first-order valence-electron chi connectivity index (χ1n) is 9.17. The topological polar surface area (TPSA) is 67.3 Å². The summed E-state index contributed by atoms with van der Waals surface area (Å²) in [4.78, 5) is 24.7. The first-order valence-corrected chi connectivity index (χ1v) is 9.99. The second kappa shape index (κ2) is 7.92. The number of thiazole rings is 1. The van der Waals surface area contributed by atoms with Crippen molar-refractivity contribution in [3.05, 3.63) is 48.7 Å². The lowest BCUT2D eigenvalue weighted by atomic mass is 10.1. The van der Waals surface area contributed by atoms with Gasteiger partial charge in [0.05, 0.1) is 0 Å². The Balaban J connectivity index is 1.29. The second-order valence-corrected chi connectivity index (χ2v) is 7.62. The van der Waals surface area contributed by atoms with Gasteiger partial charge in [-0.25, -0.2) is 9.97 Å². The molecule has 1 N–H and O–H groups in total. The number of piperidine rings is 1. The number of para-hydroxylation sites is 1. The van der Waals surface area contributed by atoms with Gasteiger partial charge in [-0.15, -0.1) is 0 Å². The number of hydrogen-bond acceptors (Lipinski definition) is 6. The second-order valence-electron chi connectivity index (χ2n) is 6.67. The molecule has 0 saturated carbocycles. The average Bonchev–Trinajstić information content (AvgIpc) is 3.13. The van der Waals surface area contributed by atoms with Crippen LogP contribution in [0.25, 0.3) is 10.3 Å². The van der Waals surface area contributed by atoms with Crippen LogP contribution < -0.4 is 15.0 Å². The number of hydrogen-bond donors (Lipinski definition) is 1. The first kappa shape index (κ1) is 17.7. The van der Waals surface area contributed by atoms with Crippen LogP contribution in [-0.2, 0) is 4.79 Å². The van der Waals surface area contributed by atoms with Gasteiger partial charge in [0, 0.05) is 25.3 Å². The Morgan fingerprint density at radius 1 is 1.22 bits per heavy atom. The van der Waals surface area contributed by atoms with Crippen LogP contribution in [0.1, 0.15) is 19.8 Å². The van der Waals surface area contributed by atoms with Crippen molar-refractivity contribution < 1.29 is 9.53 Å². The van der Waals surface area contributed by atoms with Crippen molar-refractivity contribution >= 4 is 32.7 Å². The fourth-order valence-electron chi connectivity index (χ4n) is 3.18. The van der Waals surface area contributed by atoms with Gasteiger partial charge in [-0.3, -0.25) is 4.79 Å². The number of carbonyl (C=O) groups is 1. The highest BCUT2D eigenvalue weighted by Crippen LogP contribution is 2.29. The predicted molar refractivity (Wildman–Crippen MR) is 107 cm³/mol. The Morgan fingerprint density at radius 3 is 2.74 bits per heavy atom. The van der Waals surface area contributed by atoms with E-state index >= 15 is 0 Å². The fourth-order valence-corrected chi connectivity index (χ4v) is 4.14. The van der Waals surface area contributed by atoms with E-state index in [-0.39, 0.29) is 11.9 Å². The molecule has 3 aromatic rings. The minimum Gasteiger partial charge on any atom is -0.481 e. The van der Waals surface area contributed by atoms with E-state index in [0.29, 0.717) is 5.75 Å². The number of amides is 1. The van der Waals surface area contributed by atoms with Gasteiger partial charge in [-0.2, -0.15) is 0 Å². The fraction of sp³-hybridized carbons (Fsp3) is 0.350. The Bertz CT molecular complexity index is 874. The molecule has 6 nitrogen and oxygen atoms in total. The van der Waals surface area contributed by atoms with Crippen LogP contribution in [0.4, 0.5) is 5.13 Å². The van der Waals surface area contributed by atoms with E-state index in [4.69, 9.17) is 4.74 Å². The van der Waals surface area contributed by atoms with Crippen molar-refractivity contribution in [2.45, 2.75) is 31.9 Å². The molecule has 1 atom stereocenters. The highest BCUT2D eigenvalue weighted by molar-refractivity contribution is 7.21. The van der Waals surface area contributed by atoms with Gasteiger partial charge >= 0.3 is 0 Å². The molecule has 0 unspecified atom stereocenters. The third-order valence-corrected chi connectivity index (χ3v) is 5.73. The third-order valence-electron chi connectivity index (χ3n) is 4.69. The zero-order chi connectivity index (χ0) is 18.6. The molecule has 0 aliphatic carbocycles. The van der Waals surface area contributed by atoms with Gasteiger partial charge in [-0.1, -0.05) is 29.5 Å². The van der Waals surface area contributed by atoms with Crippen LogP contribution in [0.15, 0.2) is 48.7 Å². The van der Waals surface area contributed by atoms with Crippen LogP contribution in [0.3, 0.4) is 0 Å². The average molecular weight is 382 g/mol. The van der Waals surface area contributed by atoms with E-state index in [0.717, 1.165) is 41.4 Å². The normalized spacial score (nSPS) is 16.3. The van der Waals surface area contributed by atoms with E-state index in [2.05, 4.69) is 20.2 Å². The summed E-state index contributed by atoms with van der Waals surface area (Å²) in [6, 6.07) is 13.5. The number of carbonyl (C=O) groups excluding carboxylic acids is 1. The van der Waals surface area contributed by atoms with E-state index in [1.807, 2.05) is 42.5 Å². The minimum atomic E-state index is -0.513. The number of nitrogens with one attached hydrogen (secondary N) is 1. The number of fused-ring (bicyclic) bond motifs is 1. The van der Waals surface area contributed by atoms with Gasteiger partial charge in [0.15, 0.2) is 11.2 Å². The first-order chi connectivity index (χ1) is 13.2. The molecule has 4 rings (SSSR count). The highest BCUT2D eigenvalue weighted by atomic mass is 32.1. The quantitative estimate of drug-likeness (QED) is 0.734. The number of ether oxygens (including phenoxy) is 1. The minimum absolute atomic E-state index is 0.0681. The summed E-state index contributed by atoms with van der Waals surface area (Å²) in [6.07, 6.45) is 3.08. The lowest BCUT2D eigenvalue weighted by molar-refractivity contribution is -0.128.